The molecule has 1 saturated carbocycles. The van der Waals surface area contributed by atoms with Crippen LogP contribution in [0.4, 0.5) is 0 Å². The molecule has 2 bridgehead atoms. The van der Waals surface area contributed by atoms with Gasteiger partial charge >= 0.3 is 0 Å². The van der Waals surface area contributed by atoms with Gasteiger partial charge in [-0.15, -0.1) is 0 Å². The van der Waals surface area contributed by atoms with Crippen LogP contribution in [0.1, 0.15) is 60.2 Å². The third-order valence-electron chi connectivity index (χ3n) is 9.06. The topological polar surface area (TPSA) is 61.0 Å². The molecule has 3 aliphatic rings. The maximum Gasteiger partial charge on any atom is 0.251 e. The Balaban J connectivity index is 1.10. The number of hydrogen-bond acceptors (Lipinski definition) is 3. The number of H-pyrrole nitrogens is 1. The molecule has 1 amide bonds. The van der Waals surface area contributed by atoms with Gasteiger partial charge in [-0.1, -0.05) is 44.2 Å². The van der Waals surface area contributed by atoms with E-state index >= 15 is 0 Å². The molecule has 2 aliphatic carbocycles. The quantitative estimate of drug-likeness (QED) is 0.514. The van der Waals surface area contributed by atoms with E-state index in [0.29, 0.717) is 18.5 Å². The average molecular weight is 469 g/mol. The zero-order valence-corrected chi connectivity index (χ0v) is 20.9. The van der Waals surface area contributed by atoms with Gasteiger partial charge in [0.25, 0.3) is 5.91 Å². The largest absolute Gasteiger partial charge is 0.352 e. The van der Waals surface area contributed by atoms with Crippen LogP contribution in [0.5, 0.6) is 0 Å². The number of nitrogens with one attached hydrogen (secondary N) is 2. The van der Waals surface area contributed by atoms with Crippen LogP contribution in [0.2, 0.25) is 0 Å². The number of likely N-dealkylation sites (tertiary alicyclic amines) is 1. The predicted molar refractivity (Wildman–Crippen MR) is 139 cm³/mol. The number of benzene rings is 2. The van der Waals surface area contributed by atoms with E-state index in [1.54, 1.807) is 0 Å². The van der Waals surface area contributed by atoms with E-state index in [9.17, 15) is 4.79 Å². The van der Waals surface area contributed by atoms with Crippen LogP contribution in [-0.4, -0.2) is 46.7 Å². The number of carbonyl (C=O) groups is 1. The fourth-order valence-electron chi connectivity index (χ4n) is 6.40. The summed E-state index contributed by atoms with van der Waals surface area (Å²) < 4.78 is 0. The van der Waals surface area contributed by atoms with Gasteiger partial charge in [0, 0.05) is 36.5 Å². The first-order chi connectivity index (χ1) is 17.0. The molecule has 3 aromatic rings. The van der Waals surface area contributed by atoms with Crippen LogP contribution in [-0.2, 0) is 18.3 Å². The summed E-state index contributed by atoms with van der Waals surface area (Å²) in [6.45, 7) is 7.99. The van der Waals surface area contributed by atoms with Crippen molar-refractivity contribution < 1.29 is 4.79 Å². The molecular weight excluding hydrogens is 432 g/mol. The van der Waals surface area contributed by atoms with Gasteiger partial charge in [0.2, 0.25) is 0 Å². The van der Waals surface area contributed by atoms with Gasteiger partial charge < -0.3 is 5.32 Å². The van der Waals surface area contributed by atoms with Crippen molar-refractivity contribution in [1.29, 1.82) is 0 Å². The van der Waals surface area contributed by atoms with Crippen molar-refractivity contribution in [3.63, 3.8) is 0 Å². The molecule has 1 aromatic heterocycles. The standard InChI is InChI=1S/C30H36N4O/c1-20-28-16-24-9-10-25(15-27(24)30(20,2)12-14-34(28)19-22-3-4-22)29(35)31-13-11-21-5-7-23(8-6-21)26-17-32-33-18-26/h5-10,15,17-18,20,22,28H,3-4,11-14,16,19H2,1-2H3,(H,31,35)(H,32,33)/t20-,28?,30?/m0/s1. The number of carbonyl (C=O) groups excluding carboxylic acids is 1. The third kappa shape index (κ3) is 4.31. The Morgan fingerprint density at radius 2 is 2.00 bits per heavy atom. The van der Waals surface area contributed by atoms with Crippen molar-refractivity contribution in [2.24, 2.45) is 11.8 Å². The fraction of sp³-hybridized carbons (Fsp3) is 0.467. The number of aromatic nitrogens is 2. The van der Waals surface area contributed by atoms with Gasteiger partial charge in [-0.05, 0) is 90.3 Å². The maximum absolute atomic E-state index is 13.0. The van der Waals surface area contributed by atoms with Gasteiger partial charge in [0.05, 0.1) is 6.20 Å². The van der Waals surface area contributed by atoms with Crippen molar-refractivity contribution in [2.75, 3.05) is 19.6 Å². The second-order valence-electron chi connectivity index (χ2n) is 11.2. The van der Waals surface area contributed by atoms with Crippen molar-refractivity contribution in [2.45, 2.75) is 57.4 Å². The molecule has 2 heterocycles. The van der Waals surface area contributed by atoms with Crippen molar-refractivity contribution >= 4 is 5.91 Å². The normalized spacial score (nSPS) is 25.8. The molecule has 1 saturated heterocycles. The monoisotopic (exact) mass is 468 g/mol. The molecule has 2 N–H and O–H groups in total. The molecule has 1 aliphatic heterocycles. The van der Waals surface area contributed by atoms with E-state index in [4.69, 9.17) is 0 Å². The maximum atomic E-state index is 13.0. The summed E-state index contributed by atoms with van der Waals surface area (Å²) in [5.74, 6) is 1.59. The van der Waals surface area contributed by atoms with Gasteiger partial charge in [-0.3, -0.25) is 14.8 Å². The van der Waals surface area contributed by atoms with Crippen molar-refractivity contribution in [3.05, 3.63) is 77.1 Å². The van der Waals surface area contributed by atoms with Crippen molar-refractivity contribution in [3.8, 4) is 11.1 Å². The summed E-state index contributed by atoms with van der Waals surface area (Å²) in [7, 11) is 0. The lowest BCUT2D eigenvalue weighted by atomic mass is 9.59. The molecule has 3 atom stereocenters. The molecule has 0 radical (unpaired) electrons. The lowest BCUT2D eigenvalue weighted by Gasteiger charge is -2.55. The van der Waals surface area contributed by atoms with E-state index in [1.807, 2.05) is 18.5 Å². The minimum atomic E-state index is 0.0346. The number of hydrogen-bond donors (Lipinski definition) is 2. The van der Waals surface area contributed by atoms with E-state index in [2.05, 4.69) is 70.7 Å². The van der Waals surface area contributed by atoms with Crippen LogP contribution in [0.3, 0.4) is 0 Å². The molecular formula is C30H36N4O. The van der Waals surface area contributed by atoms with Gasteiger partial charge in [-0.25, -0.2) is 0 Å². The molecule has 2 unspecified atom stereocenters. The van der Waals surface area contributed by atoms with E-state index in [0.717, 1.165) is 35.4 Å². The van der Waals surface area contributed by atoms with Crippen LogP contribution in [0.25, 0.3) is 11.1 Å². The Kier molecular flexibility index (Phi) is 5.76. The second-order valence-corrected chi connectivity index (χ2v) is 11.2. The number of fused-ring (bicyclic) bond motifs is 4. The second kappa shape index (κ2) is 8.94. The zero-order chi connectivity index (χ0) is 24.0. The average Bonchev–Trinajstić information content (AvgIpc) is 3.52. The lowest BCUT2D eigenvalue weighted by molar-refractivity contribution is 0.0284. The molecule has 182 valence electrons. The Labute approximate surface area is 208 Å². The predicted octanol–water partition coefficient (Wildman–Crippen LogP) is 4.98. The number of rotatable bonds is 7. The summed E-state index contributed by atoms with van der Waals surface area (Å²) in [5.41, 5.74) is 7.26. The zero-order valence-electron chi connectivity index (χ0n) is 20.9. The van der Waals surface area contributed by atoms with Crippen LogP contribution in [0, 0.1) is 11.8 Å². The van der Waals surface area contributed by atoms with Crippen molar-refractivity contribution in [1.82, 2.24) is 20.4 Å². The Morgan fingerprint density at radius 1 is 1.17 bits per heavy atom. The number of nitrogens with zero attached hydrogens (tertiary/aromatic N) is 2. The van der Waals surface area contributed by atoms with E-state index < -0.39 is 0 Å². The summed E-state index contributed by atoms with van der Waals surface area (Å²) in [6.07, 6.45) is 9.68. The summed E-state index contributed by atoms with van der Waals surface area (Å²) in [5, 5.41) is 10.0. The molecule has 5 nitrogen and oxygen atoms in total. The first-order valence-electron chi connectivity index (χ1n) is 13.2. The van der Waals surface area contributed by atoms with E-state index in [-0.39, 0.29) is 11.3 Å². The highest BCUT2D eigenvalue weighted by molar-refractivity contribution is 5.94. The van der Waals surface area contributed by atoms with Gasteiger partial charge in [-0.2, -0.15) is 5.10 Å². The smallest absolute Gasteiger partial charge is 0.251 e. The number of amides is 1. The molecule has 2 fully saturated rings. The number of aromatic amines is 1. The van der Waals surface area contributed by atoms with E-state index in [1.165, 1.54) is 49.0 Å². The lowest BCUT2D eigenvalue weighted by Crippen LogP contribution is -2.58. The third-order valence-corrected chi connectivity index (χ3v) is 9.06. The first-order valence-corrected chi connectivity index (χ1v) is 13.2. The highest BCUT2D eigenvalue weighted by Crippen LogP contribution is 2.49. The molecule has 6 rings (SSSR count). The Morgan fingerprint density at radius 3 is 2.74 bits per heavy atom. The Bertz CT molecular complexity index is 1200. The molecule has 5 heteroatoms. The molecule has 2 aromatic carbocycles. The summed E-state index contributed by atoms with van der Waals surface area (Å²) in [6, 6.07) is 15.6. The Hall–Kier alpha value is -2.92. The minimum Gasteiger partial charge on any atom is -0.352 e. The van der Waals surface area contributed by atoms with Crippen LogP contribution in [0.15, 0.2) is 54.9 Å². The summed E-state index contributed by atoms with van der Waals surface area (Å²) >= 11 is 0. The minimum absolute atomic E-state index is 0.0346. The number of piperidine rings is 1. The molecule has 0 spiro atoms. The van der Waals surface area contributed by atoms with Gasteiger partial charge in [0.15, 0.2) is 0 Å². The SMILES string of the molecule is C[C@H]1C2Cc3ccc(C(=O)NCCc4ccc(-c5cn[nH]c5)cc4)cc3C1(C)CCN2CC1CC1. The summed E-state index contributed by atoms with van der Waals surface area (Å²) in [4.78, 5) is 15.8. The van der Waals surface area contributed by atoms with Crippen LogP contribution < -0.4 is 5.32 Å². The highest BCUT2D eigenvalue weighted by Gasteiger charge is 2.49. The first kappa shape index (κ1) is 22.5. The fourth-order valence-corrected chi connectivity index (χ4v) is 6.40. The van der Waals surface area contributed by atoms with Crippen LogP contribution >= 0.6 is 0 Å². The van der Waals surface area contributed by atoms with Gasteiger partial charge in [0.1, 0.15) is 0 Å². The highest BCUT2D eigenvalue weighted by atomic mass is 16.1. The molecule has 35 heavy (non-hydrogen) atoms.